The van der Waals surface area contributed by atoms with Gasteiger partial charge in [-0.15, -0.1) is 11.3 Å². The highest BCUT2D eigenvalue weighted by Gasteiger charge is 2.32. The monoisotopic (exact) mass is 511 g/mol. The van der Waals surface area contributed by atoms with Crippen LogP contribution in [-0.2, 0) is 17.8 Å². The average molecular weight is 513 g/mol. The van der Waals surface area contributed by atoms with Gasteiger partial charge in [0, 0.05) is 20.8 Å². The van der Waals surface area contributed by atoms with Gasteiger partial charge in [-0.25, -0.2) is 4.79 Å². The summed E-state index contributed by atoms with van der Waals surface area (Å²) in [6, 6.07) is 14.6. The molecule has 0 aliphatic heterocycles. The highest BCUT2D eigenvalue weighted by Crippen LogP contribution is 2.29. The fraction of sp³-hybridized carbons (Fsp3) is 0.143. The first-order valence-electron chi connectivity index (χ1n) is 8.61. The van der Waals surface area contributed by atoms with Crippen molar-refractivity contribution in [2.45, 2.75) is 19.0 Å². The first-order chi connectivity index (χ1) is 13.9. The number of benzene rings is 2. The van der Waals surface area contributed by atoms with Gasteiger partial charge >= 0.3 is 5.97 Å². The van der Waals surface area contributed by atoms with Gasteiger partial charge < -0.3 is 10.0 Å². The summed E-state index contributed by atoms with van der Waals surface area (Å²) >= 11 is 17.1. The number of carbonyl (C=O) groups is 2. The molecule has 4 nitrogen and oxygen atoms in total. The second kappa shape index (κ2) is 9.76. The molecule has 0 fully saturated rings. The average Bonchev–Trinajstić information content (AvgIpc) is 3.09. The molecule has 1 amide bonds. The zero-order valence-corrected chi connectivity index (χ0v) is 18.9. The lowest BCUT2D eigenvalue weighted by Crippen LogP contribution is -2.46. The third kappa shape index (κ3) is 5.39. The topological polar surface area (TPSA) is 57.6 Å². The van der Waals surface area contributed by atoms with Crippen LogP contribution >= 0.6 is 50.5 Å². The van der Waals surface area contributed by atoms with E-state index in [0.29, 0.717) is 5.02 Å². The quantitative estimate of drug-likeness (QED) is 0.412. The van der Waals surface area contributed by atoms with Crippen LogP contribution < -0.4 is 0 Å². The Morgan fingerprint density at radius 2 is 1.83 bits per heavy atom. The molecule has 150 valence electrons. The van der Waals surface area contributed by atoms with Crippen LogP contribution in [0.3, 0.4) is 0 Å². The van der Waals surface area contributed by atoms with Gasteiger partial charge in [0.1, 0.15) is 6.04 Å². The Morgan fingerprint density at radius 3 is 2.41 bits per heavy atom. The molecule has 0 aliphatic carbocycles. The van der Waals surface area contributed by atoms with Crippen molar-refractivity contribution in [2.24, 2.45) is 0 Å². The molecule has 0 saturated heterocycles. The van der Waals surface area contributed by atoms with Crippen LogP contribution in [0, 0.1) is 0 Å². The van der Waals surface area contributed by atoms with E-state index in [9.17, 15) is 14.7 Å². The molecule has 0 spiro atoms. The molecule has 3 rings (SSSR count). The Hall–Kier alpha value is -1.86. The number of halogens is 3. The Morgan fingerprint density at radius 1 is 1.10 bits per heavy atom. The van der Waals surface area contributed by atoms with E-state index in [1.165, 1.54) is 28.4 Å². The number of amides is 1. The molecule has 2 aromatic carbocycles. The van der Waals surface area contributed by atoms with E-state index in [1.54, 1.807) is 6.07 Å². The molecule has 0 saturated carbocycles. The smallest absolute Gasteiger partial charge is 0.326 e. The molecule has 1 aromatic heterocycles. The van der Waals surface area contributed by atoms with Crippen molar-refractivity contribution in [2.75, 3.05) is 0 Å². The fourth-order valence-corrected chi connectivity index (χ4v) is 4.87. The molecule has 0 radical (unpaired) electrons. The minimum atomic E-state index is -1.08. The predicted molar refractivity (Wildman–Crippen MR) is 120 cm³/mol. The van der Waals surface area contributed by atoms with Gasteiger partial charge in [-0.3, -0.25) is 4.79 Å². The summed E-state index contributed by atoms with van der Waals surface area (Å²) in [5.41, 5.74) is 1.04. The van der Waals surface area contributed by atoms with Gasteiger partial charge in [-0.05, 0) is 51.1 Å². The van der Waals surface area contributed by atoms with Gasteiger partial charge in [0.25, 0.3) is 5.91 Å². The molecule has 8 heteroatoms. The molecule has 1 unspecified atom stereocenters. The Kier molecular flexibility index (Phi) is 7.35. The maximum Gasteiger partial charge on any atom is 0.326 e. The Labute approximate surface area is 190 Å². The molecule has 1 heterocycles. The number of hydrogen-bond donors (Lipinski definition) is 1. The molecule has 3 aromatic rings. The highest BCUT2D eigenvalue weighted by molar-refractivity contribution is 9.10. The summed E-state index contributed by atoms with van der Waals surface area (Å²) in [7, 11) is 0. The largest absolute Gasteiger partial charge is 0.480 e. The van der Waals surface area contributed by atoms with Gasteiger partial charge in [0.05, 0.1) is 17.1 Å². The summed E-state index contributed by atoms with van der Waals surface area (Å²) < 4.78 is 0.825. The normalized spacial score (nSPS) is 11.8. The summed E-state index contributed by atoms with van der Waals surface area (Å²) in [4.78, 5) is 27.8. The van der Waals surface area contributed by atoms with E-state index >= 15 is 0 Å². The van der Waals surface area contributed by atoms with E-state index in [1.807, 2.05) is 41.8 Å². The van der Waals surface area contributed by atoms with Crippen molar-refractivity contribution in [1.82, 2.24) is 4.90 Å². The number of carboxylic acids is 1. The highest BCUT2D eigenvalue weighted by atomic mass is 79.9. The lowest BCUT2D eigenvalue weighted by molar-refractivity contribution is -0.142. The number of carboxylic acid groups (broad SMARTS) is 1. The van der Waals surface area contributed by atoms with Crippen molar-refractivity contribution in [1.29, 1.82) is 0 Å². The molecule has 0 aliphatic rings. The van der Waals surface area contributed by atoms with Gasteiger partial charge in [-0.2, -0.15) is 0 Å². The summed E-state index contributed by atoms with van der Waals surface area (Å²) in [5, 5.41) is 12.4. The number of rotatable bonds is 7. The second-order valence-electron chi connectivity index (χ2n) is 6.29. The van der Waals surface area contributed by atoms with Crippen molar-refractivity contribution in [3.8, 4) is 0 Å². The van der Waals surface area contributed by atoms with Gasteiger partial charge in [-0.1, -0.05) is 53.5 Å². The first kappa shape index (κ1) is 21.8. The minimum Gasteiger partial charge on any atom is -0.480 e. The van der Waals surface area contributed by atoms with E-state index in [2.05, 4.69) is 15.9 Å². The van der Waals surface area contributed by atoms with Crippen molar-refractivity contribution >= 4 is 62.3 Å². The van der Waals surface area contributed by atoms with Gasteiger partial charge in [0.2, 0.25) is 0 Å². The van der Waals surface area contributed by atoms with E-state index in [4.69, 9.17) is 23.2 Å². The lowest BCUT2D eigenvalue weighted by atomic mass is 10.0. The van der Waals surface area contributed by atoms with Crippen LogP contribution in [0.25, 0.3) is 0 Å². The third-order valence-corrected chi connectivity index (χ3v) is 6.82. The predicted octanol–water partition coefficient (Wildman–Crippen LogP) is 6.16. The van der Waals surface area contributed by atoms with Crippen LogP contribution in [0.1, 0.15) is 20.8 Å². The lowest BCUT2D eigenvalue weighted by Gasteiger charge is -2.29. The summed E-state index contributed by atoms with van der Waals surface area (Å²) in [6.07, 6.45) is 0.177. The zero-order chi connectivity index (χ0) is 21.0. The molecule has 1 N–H and O–H groups in total. The van der Waals surface area contributed by atoms with Crippen LogP contribution in [-0.4, -0.2) is 27.9 Å². The molecular formula is C21H16BrCl2NO3S. The SMILES string of the molecule is O=C(O)C(Cc1ccccc1)N(Cc1sccc1Br)C(=O)c1ccc(Cl)cc1Cl. The van der Waals surface area contributed by atoms with Crippen molar-refractivity contribution in [3.63, 3.8) is 0 Å². The molecule has 29 heavy (non-hydrogen) atoms. The Balaban J connectivity index is 2.01. The third-order valence-electron chi connectivity index (χ3n) is 4.36. The molecular weight excluding hydrogens is 497 g/mol. The second-order valence-corrected chi connectivity index (χ2v) is 8.99. The number of aliphatic carboxylic acids is 1. The minimum absolute atomic E-state index is 0.139. The summed E-state index contributed by atoms with van der Waals surface area (Å²) in [6.45, 7) is 0.139. The number of nitrogens with zero attached hydrogens (tertiary/aromatic N) is 1. The maximum atomic E-state index is 13.4. The number of carbonyl (C=O) groups excluding carboxylic acids is 1. The summed E-state index contributed by atoms with van der Waals surface area (Å²) in [5.74, 6) is -1.55. The van der Waals surface area contributed by atoms with Crippen LogP contribution in [0.2, 0.25) is 10.0 Å². The zero-order valence-electron chi connectivity index (χ0n) is 15.0. The van der Waals surface area contributed by atoms with E-state index < -0.39 is 17.9 Å². The van der Waals surface area contributed by atoms with Crippen molar-refractivity contribution < 1.29 is 14.7 Å². The van der Waals surface area contributed by atoms with Crippen LogP contribution in [0.5, 0.6) is 0 Å². The van der Waals surface area contributed by atoms with Gasteiger partial charge in [0.15, 0.2) is 0 Å². The van der Waals surface area contributed by atoms with E-state index in [-0.39, 0.29) is 23.6 Å². The Bertz CT molecular complexity index is 1030. The molecule has 0 bridgehead atoms. The standard InChI is InChI=1S/C21H16BrCl2NO3S/c22-16-8-9-29-19(16)12-25(20(26)15-7-6-14(23)11-17(15)24)18(21(27)28)10-13-4-2-1-3-5-13/h1-9,11,18H,10,12H2,(H,27,28). The molecule has 1 atom stereocenters. The fourth-order valence-electron chi connectivity index (χ4n) is 2.90. The van der Waals surface area contributed by atoms with Crippen LogP contribution in [0.4, 0.5) is 0 Å². The van der Waals surface area contributed by atoms with Crippen LogP contribution in [0.15, 0.2) is 64.5 Å². The number of hydrogen-bond acceptors (Lipinski definition) is 3. The van der Waals surface area contributed by atoms with Crippen molar-refractivity contribution in [3.05, 3.63) is 90.5 Å². The first-order valence-corrected chi connectivity index (χ1v) is 11.0. The number of thiophene rings is 1. The van der Waals surface area contributed by atoms with E-state index in [0.717, 1.165) is 14.9 Å². The maximum absolute atomic E-state index is 13.4.